The van der Waals surface area contributed by atoms with E-state index >= 15 is 0 Å². The lowest BCUT2D eigenvalue weighted by atomic mass is 10.2. The van der Waals surface area contributed by atoms with Crippen molar-refractivity contribution in [2.45, 2.75) is 6.54 Å². The van der Waals surface area contributed by atoms with Crippen LogP contribution in [0.25, 0.3) is 0 Å². The number of thioether (sulfide) groups is 1. The third-order valence-corrected chi connectivity index (χ3v) is 3.85. The molecule has 0 aliphatic carbocycles. The number of hydrogen-bond acceptors (Lipinski definition) is 4. The molecule has 0 radical (unpaired) electrons. The van der Waals surface area contributed by atoms with E-state index in [1.807, 2.05) is 30.0 Å². The number of carbonyl (C=O) groups is 1. The molecule has 114 valence electrons. The molecule has 1 aromatic rings. The van der Waals surface area contributed by atoms with Crippen molar-refractivity contribution in [3.63, 3.8) is 0 Å². The minimum Gasteiger partial charge on any atom is -0.325 e. The molecular weight excluding hydrogens is 317 g/mol. The molecule has 1 aliphatic rings. The van der Waals surface area contributed by atoms with Crippen molar-refractivity contribution in [3.8, 4) is 0 Å². The minimum atomic E-state index is -0.151. The number of nitrogens with two attached hydrogens (primary N) is 1. The van der Waals surface area contributed by atoms with E-state index in [0.29, 0.717) is 0 Å². The quantitative estimate of drug-likeness (QED) is 0.881. The van der Waals surface area contributed by atoms with Crippen LogP contribution in [0.1, 0.15) is 5.56 Å². The number of hydrogen-bond donors (Lipinski definition) is 2. The Morgan fingerprint density at radius 1 is 1.30 bits per heavy atom. The topological polar surface area (TPSA) is 58.4 Å². The summed E-state index contributed by atoms with van der Waals surface area (Å²) in [5.41, 5.74) is 7.35. The molecule has 2 rings (SSSR count). The summed E-state index contributed by atoms with van der Waals surface area (Å²) in [7, 11) is 0. The van der Waals surface area contributed by atoms with E-state index in [2.05, 4.69) is 16.3 Å². The third kappa shape index (κ3) is 6.33. The molecular formula is C13H21Cl2N3OS. The number of amides is 1. The van der Waals surface area contributed by atoms with E-state index in [-0.39, 0.29) is 37.3 Å². The summed E-state index contributed by atoms with van der Waals surface area (Å²) < 4.78 is 0. The van der Waals surface area contributed by atoms with Crippen LogP contribution in [-0.2, 0) is 11.3 Å². The molecule has 1 fully saturated rings. The van der Waals surface area contributed by atoms with Gasteiger partial charge in [0.15, 0.2) is 0 Å². The van der Waals surface area contributed by atoms with Gasteiger partial charge in [-0.15, -0.1) is 24.8 Å². The van der Waals surface area contributed by atoms with E-state index in [1.165, 1.54) is 17.1 Å². The number of benzene rings is 1. The van der Waals surface area contributed by atoms with Gasteiger partial charge in [0.1, 0.15) is 0 Å². The van der Waals surface area contributed by atoms with Gasteiger partial charge in [0.2, 0.25) is 5.91 Å². The van der Waals surface area contributed by atoms with Crippen LogP contribution < -0.4 is 11.1 Å². The summed E-state index contributed by atoms with van der Waals surface area (Å²) >= 11 is 2.01. The van der Waals surface area contributed by atoms with Gasteiger partial charge in [-0.2, -0.15) is 11.8 Å². The molecule has 20 heavy (non-hydrogen) atoms. The lowest BCUT2D eigenvalue weighted by molar-refractivity contribution is -0.114. The van der Waals surface area contributed by atoms with Crippen molar-refractivity contribution in [2.75, 3.05) is 36.5 Å². The summed E-state index contributed by atoms with van der Waals surface area (Å²) in [5.74, 6) is 2.27. The smallest absolute Gasteiger partial charge is 0.238 e. The van der Waals surface area contributed by atoms with Crippen LogP contribution in [0, 0.1) is 0 Å². The molecule has 1 aromatic carbocycles. The zero-order valence-electron chi connectivity index (χ0n) is 11.2. The molecule has 1 amide bonds. The first-order chi connectivity index (χ1) is 8.78. The fourth-order valence-electron chi connectivity index (χ4n) is 1.98. The summed E-state index contributed by atoms with van der Waals surface area (Å²) in [6, 6.07) is 7.98. The maximum absolute atomic E-state index is 11.2. The van der Waals surface area contributed by atoms with Crippen LogP contribution in [-0.4, -0.2) is 41.9 Å². The first-order valence-corrected chi connectivity index (χ1v) is 7.32. The predicted octanol–water partition coefficient (Wildman–Crippen LogP) is 1.98. The normalized spacial score (nSPS) is 14.8. The monoisotopic (exact) mass is 337 g/mol. The van der Waals surface area contributed by atoms with Crippen LogP contribution >= 0.6 is 36.6 Å². The maximum Gasteiger partial charge on any atom is 0.238 e. The zero-order chi connectivity index (χ0) is 12.8. The van der Waals surface area contributed by atoms with Crippen molar-refractivity contribution >= 4 is 48.2 Å². The molecule has 1 aliphatic heterocycles. The van der Waals surface area contributed by atoms with Crippen LogP contribution in [0.15, 0.2) is 24.3 Å². The van der Waals surface area contributed by atoms with Crippen LogP contribution in [0.4, 0.5) is 5.69 Å². The third-order valence-electron chi connectivity index (χ3n) is 2.91. The van der Waals surface area contributed by atoms with Gasteiger partial charge < -0.3 is 11.1 Å². The lowest BCUT2D eigenvalue weighted by Crippen LogP contribution is -2.32. The number of halogens is 2. The predicted molar refractivity (Wildman–Crippen MR) is 91.2 cm³/mol. The highest BCUT2D eigenvalue weighted by atomic mass is 35.5. The summed E-state index contributed by atoms with van der Waals surface area (Å²) in [5, 5.41) is 2.78. The number of nitrogens with zero attached hydrogens (tertiary/aromatic N) is 1. The summed E-state index contributed by atoms with van der Waals surface area (Å²) in [4.78, 5) is 13.7. The highest BCUT2D eigenvalue weighted by molar-refractivity contribution is 7.99. The van der Waals surface area contributed by atoms with Crippen molar-refractivity contribution in [2.24, 2.45) is 5.73 Å². The second kappa shape index (κ2) is 10.3. The van der Waals surface area contributed by atoms with Gasteiger partial charge in [-0.05, 0) is 17.7 Å². The van der Waals surface area contributed by atoms with Crippen LogP contribution in [0.2, 0.25) is 0 Å². The summed E-state index contributed by atoms with van der Waals surface area (Å²) in [6.07, 6.45) is 0. The highest BCUT2D eigenvalue weighted by Gasteiger charge is 2.10. The van der Waals surface area contributed by atoms with E-state index in [4.69, 9.17) is 5.73 Å². The molecule has 3 N–H and O–H groups in total. The fourth-order valence-corrected chi connectivity index (χ4v) is 2.96. The Balaban J connectivity index is 0.00000180. The maximum atomic E-state index is 11.2. The molecule has 0 aromatic heterocycles. The van der Waals surface area contributed by atoms with Gasteiger partial charge in [0, 0.05) is 36.8 Å². The Labute approximate surface area is 136 Å². The molecule has 0 saturated carbocycles. The molecule has 0 spiro atoms. The molecule has 1 heterocycles. The number of carbonyl (C=O) groups excluding carboxylic acids is 1. The summed E-state index contributed by atoms with van der Waals surface area (Å²) in [6.45, 7) is 3.26. The fraction of sp³-hybridized carbons (Fsp3) is 0.462. The molecule has 0 atom stereocenters. The minimum absolute atomic E-state index is 0. The van der Waals surface area contributed by atoms with Gasteiger partial charge >= 0.3 is 0 Å². The van der Waals surface area contributed by atoms with Crippen molar-refractivity contribution < 1.29 is 4.79 Å². The van der Waals surface area contributed by atoms with Gasteiger partial charge in [0.25, 0.3) is 0 Å². The van der Waals surface area contributed by atoms with E-state index < -0.39 is 0 Å². The van der Waals surface area contributed by atoms with Gasteiger partial charge in [-0.1, -0.05) is 12.1 Å². The lowest BCUT2D eigenvalue weighted by Gasteiger charge is -2.26. The second-order valence-corrected chi connectivity index (χ2v) is 5.57. The second-order valence-electron chi connectivity index (χ2n) is 4.34. The molecule has 0 bridgehead atoms. The zero-order valence-corrected chi connectivity index (χ0v) is 13.7. The van der Waals surface area contributed by atoms with E-state index in [1.54, 1.807) is 0 Å². The molecule has 7 heteroatoms. The Kier molecular flexibility index (Phi) is 10.1. The van der Waals surface area contributed by atoms with Crippen LogP contribution in [0.3, 0.4) is 0 Å². The Hall–Kier alpha value is -0.460. The first kappa shape index (κ1) is 19.5. The standard InChI is InChI=1S/C13H19N3OS.2ClH/c14-9-13(17)15-12-3-1-2-11(8-12)10-16-4-6-18-7-5-16;;/h1-3,8H,4-7,9-10,14H2,(H,15,17);2*1H. The van der Waals surface area contributed by atoms with E-state index in [9.17, 15) is 4.79 Å². The Morgan fingerprint density at radius 2 is 2.00 bits per heavy atom. The van der Waals surface area contributed by atoms with Gasteiger partial charge in [0.05, 0.1) is 6.54 Å². The van der Waals surface area contributed by atoms with Crippen molar-refractivity contribution in [3.05, 3.63) is 29.8 Å². The largest absolute Gasteiger partial charge is 0.325 e. The average Bonchev–Trinajstić information content (AvgIpc) is 2.40. The Morgan fingerprint density at radius 3 is 2.65 bits per heavy atom. The molecule has 0 unspecified atom stereocenters. The molecule has 1 saturated heterocycles. The Bertz CT molecular complexity index is 414. The van der Waals surface area contributed by atoms with Gasteiger partial charge in [-0.3, -0.25) is 9.69 Å². The van der Waals surface area contributed by atoms with E-state index in [0.717, 1.165) is 25.3 Å². The van der Waals surface area contributed by atoms with Crippen molar-refractivity contribution in [1.29, 1.82) is 0 Å². The number of nitrogens with one attached hydrogen (secondary N) is 1. The van der Waals surface area contributed by atoms with Gasteiger partial charge in [-0.25, -0.2) is 0 Å². The van der Waals surface area contributed by atoms with Crippen LogP contribution in [0.5, 0.6) is 0 Å². The molecule has 4 nitrogen and oxygen atoms in total. The van der Waals surface area contributed by atoms with Crippen molar-refractivity contribution in [1.82, 2.24) is 4.90 Å². The SMILES string of the molecule is Cl.Cl.NCC(=O)Nc1cccc(CN2CCSCC2)c1. The highest BCUT2D eigenvalue weighted by Crippen LogP contribution is 2.15. The first-order valence-electron chi connectivity index (χ1n) is 6.17. The average molecular weight is 338 g/mol. The number of anilines is 1. The number of rotatable bonds is 4.